The molecule has 3 rings (SSSR count). The van der Waals surface area contributed by atoms with Crippen molar-refractivity contribution in [3.8, 4) is 5.75 Å². The van der Waals surface area contributed by atoms with Crippen LogP contribution in [-0.2, 0) is 6.18 Å². The van der Waals surface area contributed by atoms with Crippen LogP contribution in [-0.4, -0.2) is 36.2 Å². The second kappa shape index (κ2) is 9.03. The first-order valence-corrected chi connectivity index (χ1v) is 9.29. The molecule has 0 radical (unpaired) electrons. The summed E-state index contributed by atoms with van der Waals surface area (Å²) in [7, 11) is 0. The number of aldehydes is 1. The van der Waals surface area contributed by atoms with Crippen LogP contribution in [0.2, 0.25) is 0 Å². The van der Waals surface area contributed by atoms with Gasteiger partial charge in [0.25, 0.3) is 0 Å². The van der Waals surface area contributed by atoms with E-state index in [1.807, 2.05) is 4.90 Å². The molecule has 1 atom stereocenters. The van der Waals surface area contributed by atoms with Crippen molar-refractivity contribution >= 4 is 12.1 Å². The monoisotopic (exact) mass is 393 g/mol. The maximum absolute atomic E-state index is 12.6. The van der Waals surface area contributed by atoms with Gasteiger partial charge in [-0.05, 0) is 68.0 Å². The first-order chi connectivity index (χ1) is 13.5. The van der Waals surface area contributed by atoms with E-state index in [1.165, 1.54) is 6.07 Å². The normalized spacial score (nSPS) is 17.4. The van der Waals surface area contributed by atoms with Gasteiger partial charge in [0.15, 0.2) is 11.5 Å². The molecular weight excluding hydrogens is 371 g/mol. The zero-order valence-electron chi connectivity index (χ0n) is 15.4. The molecule has 2 heterocycles. The lowest BCUT2D eigenvalue weighted by molar-refractivity contribution is -0.141. The Morgan fingerprint density at radius 2 is 1.93 bits per heavy atom. The van der Waals surface area contributed by atoms with Crippen molar-refractivity contribution in [1.29, 1.82) is 0 Å². The third-order valence-electron chi connectivity index (χ3n) is 4.83. The minimum Gasteiger partial charge on any atom is -0.494 e. The van der Waals surface area contributed by atoms with Gasteiger partial charge in [0.05, 0.1) is 6.61 Å². The molecule has 1 saturated heterocycles. The fraction of sp³-hybridized carbons (Fsp3) is 0.450. The number of rotatable bonds is 7. The van der Waals surface area contributed by atoms with Crippen molar-refractivity contribution in [3.63, 3.8) is 0 Å². The molecule has 28 heavy (non-hydrogen) atoms. The zero-order valence-corrected chi connectivity index (χ0v) is 15.4. The van der Waals surface area contributed by atoms with Crippen molar-refractivity contribution < 1.29 is 22.7 Å². The molecule has 0 bridgehead atoms. The van der Waals surface area contributed by atoms with Gasteiger partial charge in [0, 0.05) is 18.7 Å². The number of carbonyl (C=O) groups is 1. The van der Waals surface area contributed by atoms with Gasteiger partial charge < -0.3 is 9.64 Å². The molecule has 0 amide bonds. The van der Waals surface area contributed by atoms with E-state index in [1.54, 1.807) is 24.3 Å². The number of ether oxygens (including phenoxy) is 1. The number of benzene rings is 1. The number of anilines is 1. The van der Waals surface area contributed by atoms with E-state index in [0.29, 0.717) is 23.9 Å². The molecule has 1 aliphatic heterocycles. The third-order valence-corrected chi connectivity index (χ3v) is 4.83. The number of hydrogen-bond donors (Lipinski definition) is 0. The van der Waals surface area contributed by atoms with Crippen LogP contribution in [0, 0.1) is 5.92 Å². The zero-order chi connectivity index (χ0) is 20.0. The molecule has 1 fully saturated rings. The summed E-state index contributed by atoms with van der Waals surface area (Å²) >= 11 is 0. The Morgan fingerprint density at radius 3 is 2.57 bits per heavy atom. The number of hydrogen-bond acceptors (Lipinski definition) is 5. The molecule has 5 nitrogen and oxygen atoms in total. The number of nitrogens with zero attached hydrogens (tertiary/aromatic N) is 3. The molecule has 0 spiro atoms. The second-order valence-corrected chi connectivity index (χ2v) is 6.91. The van der Waals surface area contributed by atoms with Crippen molar-refractivity contribution in [2.75, 3.05) is 24.6 Å². The van der Waals surface area contributed by atoms with Crippen molar-refractivity contribution in [3.05, 3.63) is 47.7 Å². The van der Waals surface area contributed by atoms with E-state index in [2.05, 4.69) is 10.2 Å². The largest absolute Gasteiger partial charge is 0.494 e. The number of halogens is 3. The highest BCUT2D eigenvalue weighted by Gasteiger charge is 2.33. The molecule has 8 heteroatoms. The average Bonchev–Trinajstić information content (AvgIpc) is 2.71. The van der Waals surface area contributed by atoms with Crippen LogP contribution in [0.1, 0.15) is 41.7 Å². The maximum atomic E-state index is 12.6. The van der Waals surface area contributed by atoms with Gasteiger partial charge in [-0.1, -0.05) is 0 Å². The van der Waals surface area contributed by atoms with Crippen molar-refractivity contribution in [1.82, 2.24) is 10.2 Å². The summed E-state index contributed by atoms with van der Waals surface area (Å²) in [6, 6.07) is 9.35. The Kier molecular flexibility index (Phi) is 6.49. The van der Waals surface area contributed by atoms with Crippen LogP contribution in [0.4, 0.5) is 19.0 Å². The van der Waals surface area contributed by atoms with E-state index in [4.69, 9.17) is 4.74 Å². The third kappa shape index (κ3) is 5.43. The number of carbonyl (C=O) groups excluding carboxylic acids is 1. The Labute approximate surface area is 161 Å². The molecule has 2 aromatic rings. The highest BCUT2D eigenvalue weighted by molar-refractivity contribution is 5.74. The molecule has 1 aromatic carbocycles. The van der Waals surface area contributed by atoms with Gasteiger partial charge in [0.1, 0.15) is 12.0 Å². The Hall–Kier alpha value is -2.64. The van der Waals surface area contributed by atoms with Gasteiger partial charge in [-0.3, -0.25) is 4.79 Å². The van der Waals surface area contributed by atoms with Gasteiger partial charge >= 0.3 is 6.18 Å². The Bertz CT molecular complexity index is 764. The highest BCUT2D eigenvalue weighted by atomic mass is 19.4. The topological polar surface area (TPSA) is 55.3 Å². The van der Waals surface area contributed by atoms with Crippen LogP contribution in [0.25, 0.3) is 0 Å². The molecule has 1 unspecified atom stereocenters. The molecule has 0 N–H and O–H groups in total. The maximum Gasteiger partial charge on any atom is 0.435 e. The molecule has 0 aliphatic carbocycles. The van der Waals surface area contributed by atoms with Gasteiger partial charge in [-0.2, -0.15) is 13.2 Å². The summed E-state index contributed by atoms with van der Waals surface area (Å²) in [6.07, 6.45) is 0.229. The number of alkyl halides is 3. The summed E-state index contributed by atoms with van der Waals surface area (Å²) in [4.78, 5) is 12.6. The quantitative estimate of drug-likeness (QED) is 0.516. The van der Waals surface area contributed by atoms with E-state index in [9.17, 15) is 18.0 Å². The molecule has 1 aromatic heterocycles. The first-order valence-electron chi connectivity index (χ1n) is 9.29. The number of aromatic nitrogens is 2. The predicted molar refractivity (Wildman–Crippen MR) is 98.5 cm³/mol. The van der Waals surface area contributed by atoms with Crippen molar-refractivity contribution in [2.24, 2.45) is 5.92 Å². The average molecular weight is 393 g/mol. The summed E-state index contributed by atoms with van der Waals surface area (Å²) < 4.78 is 43.5. The highest BCUT2D eigenvalue weighted by Crippen LogP contribution is 2.29. The summed E-state index contributed by atoms with van der Waals surface area (Å²) in [5.41, 5.74) is -0.357. The van der Waals surface area contributed by atoms with E-state index < -0.39 is 11.9 Å². The predicted octanol–water partition coefficient (Wildman–Crippen LogP) is 4.38. The number of piperidine rings is 1. The molecule has 0 saturated carbocycles. The molecular formula is C20H22F3N3O2. The summed E-state index contributed by atoms with van der Waals surface area (Å²) in [5, 5.41) is 7.07. The van der Waals surface area contributed by atoms with E-state index >= 15 is 0 Å². The fourth-order valence-corrected chi connectivity index (χ4v) is 3.36. The van der Waals surface area contributed by atoms with Crippen LogP contribution in [0.3, 0.4) is 0 Å². The smallest absolute Gasteiger partial charge is 0.435 e. The lowest BCUT2D eigenvalue weighted by atomic mass is 9.93. The van der Waals surface area contributed by atoms with Crippen LogP contribution in [0.15, 0.2) is 36.4 Å². The van der Waals surface area contributed by atoms with E-state index in [0.717, 1.165) is 56.9 Å². The van der Waals surface area contributed by atoms with Gasteiger partial charge in [0.2, 0.25) is 0 Å². The first kappa shape index (κ1) is 20.1. The van der Waals surface area contributed by atoms with Crippen LogP contribution >= 0.6 is 0 Å². The summed E-state index contributed by atoms with van der Waals surface area (Å²) in [6.45, 7) is 2.11. The van der Waals surface area contributed by atoms with Crippen LogP contribution in [0.5, 0.6) is 5.75 Å². The lowest BCUT2D eigenvalue weighted by Crippen LogP contribution is -2.36. The van der Waals surface area contributed by atoms with Crippen LogP contribution < -0.4 is 9.64 Å². The van der Waals surface area contributed by atoms with Gasteiger partial charge in [-0.25, -0.2) is 0 Å². The minimum atomic E-state index is -4.47. The SMILES string of the molecule is O=Cc1ccc(OCCCC2CCCN(c3ccc(C(F)(F)F)nn3)C2)cc1. The standard InChI is InChI=1S/C20H22F3N3O2/c21-20(22,23)18-9-10-19(25-24-18)26-11-1-3-15(13-26)4-2-12-28-17-7-5-16(14-27)6-8-17/h5-10,14-15H,1-4,11-13H2. The fourth-order valence-electron chi connectivity index (χ4n) is 3.36. The lowest BCUT2D eigenvalue weighted by Gasteiger charge is -2.33. The minimum absolute atomic E-state index is 0.443. The molecule has 150 valence electrons. The Balaban J connectivity index is 1.45. The summed E-state index contributed by atoms with van der Waals surface area (Å²) in [5.74, 6) is 1.67. The second-order valence-electron chi connectivity index (χ2n) is 6.91. The van der Waals surface area contributed by atoms with E-state index in [-0.39, 0.29) is 0 Å². The van der Waals surface area contributed by atoms with Crippen molar-refractivity contribution in [2.45, 2.75) is 31.9 Å². The molecule has 1 aliphatic rings. The van der Waals surface area contributed by atoms with Gasteiger partial charge in [-0.15, -0.1) is 10.2 Å². The Morgan fingerprint density at radius 1 is 1.14 bits per heavy atom.